The van der Waals surface area contributed by atoms with Gasteiger partial charge in [-0.2, -0.15) is 0 Å². The minimum atomic E-state index is -0.953. The van der Waals surface area contributed by atoms with Gasteiger partial charge in [0.25, 0.3) is 0 Å². The van der Waals surface area contributed by atoms with Crippen LogP contribution < -0.4 is 0 Å². The molecule has 0 atom stereocenters. The number of carbonyl (C=O) groups is 1. The number of hydrogen-bond acceptors (Lipinski definition) is 4. The molecule has 16 heavy (non-hydrogen) atoms. The highest BCUT2D eigenvalue weighted by Crippen LogP contribution is 2.35. The molecule has 3 nitrogen and oxygen atoms in total. The van der Waals surface area contributed by atoms with E-state index < -0.39 is 5.97 Å². The van der Waals surface area contributed by atoms with Crippen LogP contribution in [0.1, 0.15) is 27.3 Å². The third-order valence-electron chi connectivity index (χ3n) is 2.17. The summed E-state index contributed by atoms with van der Waals surface area (Å²) >= 11 is 3.08. The first-order chi connectivity index (χ1) is 7.61. The average Bonchev–Trinajstić information content (AvgIpc) is 2.82. The fourth-order valence-corrected chi connectivity index (χ4v) is 3.40. The van der Waals surface area contributed by atoms with Gasteiger partial charge >= 0.3 is 5.97 Å². The normalized spacial score (nSPS) is 10.6. The topological polar surface area (TPSA) is 50.2 Å². The van der Waals surface area contributed by atoms with E-state index in [-0.39, 0.29) is 5.69 Å². The Hall–Kier alpha value is -1.20. The summed E-state index contributed by atoms with van der Waals surface area (Å²) in [6.45, 7) is 3.92. The predicted molar refractivity (Wildman–Crippen MR) is 66.5 cm³/mol. The Morgan fingerprint density at radius 1 is 1.44 bits per heavy atom. The molecule has 84 valence electrons. The van der Waals surface area contributed by atoms with E-state index in [1.165, 1.54) is 16.2 Å². The summed E-state index contributed by atoms with van der Waals surface area (Å²) in [5.41, 5.74) is 0.173. The lowest BCUT2D eigenvalue weighted by molar-refractivity contribution is 0.0692. The van der Waals surface area contributed by atoms with Crippen molar-refractivity contribution in [2.24, 2.45) is 0 Å². The Bertz CT molecular complexity index is 528. The van der Waals surface area contributed by atoms with Gasteiger partial charge in [-0.1, -0.05) is 6.92 Å². The molecule has 1 N–H and O–H groups in total. The van der Waals surface area contributed by atoms with Crippen molar-refractivity contribution in [2.75, 3.05) is 0 Å². The third kappa shape index (κ3) is 2.01. The zero-order valence-corrected chi connectivity index (χ0v) is 10.6. The second-order valence-corrected chi connectivity index (χ2v) is 5.71. The van der Waals surface area contributed by atoms with E-state index in [4.69, 9.17) is 5.11 Å². The number of aromatic carboxylic acids is 1. The maximum Gasteiger partial charge on any atom is 0.356 e. The molecule has 0 radical (unpaired) electrons. The SMILES string of the molecule is CCc1ccc(-c2sc(C)nc2C(=O)O)s1. The highest BCUT2D eigenvalue weighted by atomic mass is 32.1. The van der Waals surface area contributed by atoms with E-state index in [0.29, 0.717) is 0 Å². The van der Waals surface area contributed by atoms with Crippen LogP contribution in [0.4, 0.5) is 0 Å². The van der Waals surface area contributed by atoms with Crippen LogP contribution in [0.5, 0.6) is 0 Å². The summed E-state index contributed by atoms with van der Waals surface area (Å²) in [5.74, 6) is -0.953. The number of nitrogens with zero attached hydrogens (tertiary/aromatic N) is 1. The average molecular weight is 253 g/mol. The quantitative estimate of drug-likeness (QED) is 0.911. The van der Waals surface area contributed by atoms with Crippen LogP contribution in [-0.2, 0) is 6.42 Å². The number of carboxylic acids is 1. The summed E-state index contributed by atoms with van der Waals surface area (Å²) in [4.78, 5) is 18.1. The molecule has 0 aliphatic rings. The third-order valence-corrected chi connectivity index (χ3v) is 4.55. The molecule has 0 aliphatic carbocycles. The van der Waals surface area contributed by atoms with Gasteiger partial charge in [0, 0.05) is 9.75 Å². The van der Waals surface area contributed by atoms with Gasteiger partial charge in [0.15, 0.2) is 5.69 Å². The smallest absolute Gasteiger partial charge is 0.356 e. The Morgan fingerprint density at radius 3 is 2.75 bits per heavy atom. The standard InChI is InChI=1S/C11H11NO2S2/c1-3-7-4-5-8(16-7)10-9(11(13)14)12-6(2)15-10/h4-5H,3H2,1-2H3,(H,13,14). The molecule has 2 heterocycles. The largest absolute Gasteiger partial charge is 0.476 e. The predicted octanol–water partition coefficient (Wildman–Crippen LogP) is 3.44. The zero-order valence-electron chi connectivity index (χ0n) is 8.98. The highest BCUT2D eigenvalue weighted by molar-refractivity contribution is 7.22. The molecule has 0 aromatic carbocycles. The van der Waals surface area contributed by atoms with Gasteiger partial charge in [-0.25, -0.2) is 9.78 Å². The summed E-state index contributed by atoms with van der Waals surface area (Å²) < 4.78 is 0. The minimum Gasteiger partial charge on any atom is -0.476 e. The number of carboxylic acid groups (broad SMARTS) is 1. The number of rotatable bonds is 3. The number of thiophene rings is 1. The second-order valence-electron chi connectivity index (χ2n) is 3.34. The summed E-state index contributed by atoms with van der Waals surface area (Å²) in [6, 6.07) is 4.02. The molecule has 0 saturated heterocycles. The Labute approximate surface area is 101 Å². The summed E-state index contributed by atoms with van der Waals surface area (Å²) in [5, 5.41) is 9.84. The van der Waals surface area contributed by atoms with Crippen LogP contribution in [0.3, 0.4) is 0 Å². The van der Waals surface area contributed by atoms with Gasteiger partial charge in [0.2, 0.25) is 0 Å². The van der Waals surface area contributed by atoms with Gasteiger partial charge in [-0.15, -0.1) is 22.7 Å². The van der Waals surface area contributed by atoms with E-state index in [1.54, 1.807) is 11.3 Å². The molecule has 2 rings (SSSR count). The minimum absolute atomic E-state index is 0.173. The van der Waals surface area contributed by atoms with Gasteiger partial charge < -0.3 is 5.11 Å². The van der Waals surface area contributed by atoms with Crippen molar-refractivity contribution in [1.82, 2.24) is 4.98 Å². The molecular formula is C11H11NO2S2. The lowest BCUT2D eigenvalue weighted by Gasteiger charge is -1.93. The lowest BCUT2D eigenvalue weighted by Crippen LogP contribution is -1.98. The molecule has 0 bridgehead atoms. The van der Waals surface area contributed by atoms with Crippen molar-refractivity contribution in [3.63, 3.8) is 0 Å². The molecule has 5 heteroatoms. The molecule has 0 saturated carbocycles. The number of aryl methyl sites for hydroxylation is 2. The first-order valence-corrected chi connectivity index (χ1v) is 6.55. The molecule has 0 unspecified atom stereocenters. The maximum absolute atomic E-state index is 11.0. The van der Waals surface area contributed by atoms with E-state index in [1.807, 2.05) is 19.1 Å². The van der Waals surface area contributed by atoms with Gasteiger partial charge in [-0.3, -0.25) is 0 Å². The first-order valence-electron chi connectivity index (χ1n) is 4.91. The second kappa shape index (κ2) is 4.35. The van der Waals surface area contributed by atoms with Crippen LogP contribution >= 0.6 is 22.7 Å². The van der Waals surface area contributed by atoms with Crippen molar-refractivity contribution >= 4 is 28.6 Å². The molecule has 0 spiro atoms. The zero-order chi connectivity index (χ0) is 11.7. The Kier molecular flexibility index (Phi) is 3.07. The maximum atomic E-state index is 11.0. The van der Waals surface area contributed by atoms with E-state index in [0.717, 1.165) is 21.2 Å². The van der Waals surface area contributed by atoms with E-state index >= 15 is 0 Å². The van der Waals surface area contributed by atoms with Crippen molar-refractivity contribution in [1.29, 1.82) is 0 Å². The van der Waals surface area contributed by atoms with Crippen molar-refractivity contribution in [2.45, 2.75) is 20.3 Å². The number of thiazole rings is 1. The van der Waals surface area contributed by atoms with Gasteiger partial charge in [0.1, 0.15) is 0 Å². The molecule has 0 fully saturated rings. The monoisotopic (exact) mass is 253 g/mol. The van der Waals surface area contributed by atoms with Crippen molar-refractivity contribution < 1.29 is 9.90 Å². The van der Waals surface area contributed by atoms with Crippen LogP contribution in [0.15, 0.2) is 12.1 Å². The van der Waals surface area contributed by atoms with Crippen LogP contribution in [0.25, 0.3) is 9.75 Å². The number of hydrogen-bond donors (Lipinski definition) is 1. The van der Waals surface area contributed by atoms with Crippen molar-refractivity contribution in [3.8, 4) is 9.75 Å². The Morgan fingerprint density at radius 2 is 2.19 bits per heavy atom. The molecule has 0 aliphatic heterocycles. The lowest BCUT2D eigenvalue weighted by atomic mass is 10.3. The van der Waals surface area contributed by atoms with Gasteiger partial charge in [0.05, 0.1) is 9.88 Å². The Balaban J connectivity index is 2.50. The fraction of sp³-hybridized carbons (Fsp3) is 0.273. The van der Waals surface area contributed by atoms with Crippen LogP contribution in [0.2, 0.25) is 0 Å². The van der Waals surface area contributed by atoms with E-state index in [9.17, 15) is 4.79 Å². The molecule has 2 aromatic rings. The van der Waals surface area contributed by atoms with Crippen LogP contribution in [0, 0.1) is 6.92 Å². The highest BCUT2D eigenvalue weighted by Gasteiger charge is 2.18. The number of aromatic nitrogens is 1. The first kappa shape index (κ1) is 11.3. The van der Waals surface area contributed by atoms with Crippen molar-refractivity contribution in [3.05, 3.63) is 27.7 Å². The fourth-order valence-electron chi connectivity index (χ4n) is 1.43. The molecular weight excluding hydrogens is 242 g/mol. The summed E-state index contributed by atoms with van der Waals surface area (Å²) in [6.07, 6.45) is 0.977. The van der Waals surface area contributed by atoms with Gasteiger partial charge in [-0.05, 0) is 25.5 Å². The summed E-state index contributed by atoms with van der Waals surface area (Å²) in [7, 11) is 0. The van der Waals surface area contributed by atoms with E-state index in [2.05, 4.69) is 11.9 Å². The molecule has 2 aromatic heterocycles. The van der Waals surface area contributed by atoms with Crippen LogP contribution in [-0.4, -0.2) is 16.1 Å². The molecule has 0 amide bonds.